The molecule has 0 bridgehead atoms. The van der Waals surface area contributed by atoms with Crippen molar-refractivity contribution in [3.05, 3.63) is 47.5 Å². The van der Waals surface area contributed by atoms with Crippen LogP contribution in [-0.4, -0.2) is 9.55 Å². The number of nitrogens with two attached hydrogens (primary N) is 1. The second-order valence-electron chi connectivity index (χ2n) is 3.46. The monoisotopic (exact) mass is 221 g/mol. The van der Waals surface area contributed by atoms with Gasteiger partial charge in [-0.15, -0.1) is 0 Å². The fourth-order valence-electron chi connectivity index (χ4n) is 1.48. The van der Waals surface area contributed by atoms with Gasteiger partial charge in [0.25, 0.3) is 0 Å². The van der Waals surface area contributed by atoms with Crippen LogP contribution in [0.1, 0.15) is 18.7 Å². The first-order valence-corrected chi connectivity index (χ1v) is 5.10. The molecule has 2 aromatic rings. The zero-order valence-electron chi connectivity index (χ0n) is 8.39. The maximum atomic E-state index is 5.93. The highest BCUT2D eigenvalue weighted by atomic mass is 35.5. The van der Waals surface area contributed by atoms with Gasteiger partial charge in [-0.3, -0.25) is 0 Å². The Labute approximate surface area is 93.5 Å². The largest absolute Gasteiger partial charge is 0.323 e. The zero-order valence-corrected chi connectivity index (χ0v) is 9.15. The van der Waals surface area contributed by atoms with Crippen molar-refractivity contribution in [2.75, 3.05) is 0 Å². The average Bonchev–Trinajstić information content (AvgIpc) is 2.65. The maximum absolute atomic E-state index is 5.93. The molecule has 0 radical (unpaired) electrons. The molecule has 0 spiro atoms. The second kappa shape index (κ2) is 4.04. The van der Waals surface area contributed by atoms with Crippen LogP contribution in [0.25, 0.3) is 5.69 Å². The minimum Gasteiger partial charge on any atom is -0.323 e. The Hall–Kier alpha value is -1.32. The lowest BCUT2D eigenvalue weighted by Crippen LogP contribution is -2.10. The summed E-state index contributed by atoms with van der Waals surface area (Å²) in [4.78, 5) is 4.09. The predicted octanol–water partition coefficient (Wildman–Crippen LogP) is 2.55. The van der Waals surface area contributed by atoms with Crippen LogP contribution < -0.4 is 5.73 Å². The van der Waals surface area contributed by atoms with Crippen molar-refractivity contribution in [2.45, 2.75) is 13.0 Å². The second-order valence-corrected chi connectivity index (χ2v) is 3.89. The molecule has 1 atom stereocenters. The van der Waals surface area contributed by atoms with Gasteiger partial charge in [-0.2, -0.15) is 0 Å². The SMILES string of the molecule is CC(N)c1cncn1-c1cccc(Cl)c1. The fourth-order valence-corrected chi connectivity index (χ4v) is 1.67. The molecule has 2 rings (SSSR count). The molecule has 0 amide bonds. The quantitative estimate of drug-likeness (QED) is 0.847. The summed E-state index contributed by atoms with van der Waals surface area (Å²) in [7, 11) is 0. The number of hydrogen-bond acceptors (Lipinski definition) is 2. The van der Waals surface area contributed by atoms with Crippen molar-refractivity contribution in [1.29, 1.82) is 0 Å². The molecule has 0 saturated heterocycles. The Morgan fingerprint density at radius 2 is 2.27 bits per heavy atom. The van der Waals surface area contributed by atoms with E-state index in [9.17, 15) is 0 Å². The highest BCUT2D eigenvalue weighted by Gasteiger charge is 2.07. The van der Waals surface area contributed by atoms with Crippen molar-refractivity contribution in [1.82, 2.24) is 9.55 Å². The lowest BCUT2D eigenvalue weighted by atomic mass is 10.2. The van der Waals surface area contributed by atoms with Gasteiger partial charge in [-0.25, -0.2) is 4.98 Å². The van der Waals surface area contributed by atoms with Crippen LogP contribution in [0.2, 0.25) is 5.02 Å². The lowest BCUT2D eigenvalue weighted by Gasteiger charge is -2.10. The summed E-state index contributed by atoms with van der Waals surface area (Å²) >= 11 is 5.93. The molecule has 0 saturated carbocycles. The minimum absolute atomic E-state index is 0.0496. The van der Waals surface area contributed by atoms with Crippen molar-refractivity contribution in [3.63, 3.8) is 0 Å². The van der Waals surface area contributed by atoms with Crippen LogP contribution >= 0.6 is 11.6 Å². The Morgan fingerprint density at radius 3 is 2.93 bits per heavy atom. The number of aromatic nitrogens is 2. The molecular formula is C11H12ClN3. The number of imidazole rings is 1. The van der Waals surface area contributed by atoms with Crippen LogP contribution in [0.5, 0.6) is 0 Å². The van der Waals surface area contributed by atoms with Crippen LogP contribution in [0, 0.1) is 0 Å². The van der Waals surface area contributed by atoms with Crippen LogP contribution in [0.3, 0.4) is 0 Å². The van der Waals surface area contributed by atoms with Gasteiger partial charge in [0.15, 0.2) is 0 Å². The summed E-state index contributed by atoms with van der Waals surface area (Å²) in [5, 5.41) is 0.705. The molecule has 3 nitrogen and oxygen atoms in total. The molecule has 0 aliphatic rings. The number of nitrogens with zero attached hydrogens (tertiary/aromatic N) is 2. The lowest BCUT2D eigenvalue weighted by molar-refractivity contribution is 0.752. The smallest absolute Gasteiger partial charge is 0.0994 e. The average molecular weight is 222 g/mol. The van der Waals surface area contributed by atoms with E-state index in [1.807, 2.05) is 35.8 Å². The van der Waals surface area contributed by atoms with Crippen molar-refractivity contribution < 1.29 is 0 Å². The van der Waals surface area contributed by atoms with Gasteiger partial charge >= 0.3 is 0 Å². The number of benzene rings is 1. The van der Waals surface area contributed by atoms with Crippen molar-refractivity contribution in [2.24, 2.45) is 5.73 Å². The molecule has 78 valence electrons. The van der Waals surface area contributed by atoms with Gasteiger partial charge in [-0.1, -0.05) is 17.7 Å². The summed E-state index contributed by atoms with van der Waals surface area (Å²) in [5.41, 5.74) is 7.79. The minimum atomic E-state index is -0.0496. The normalized spacial score (nSPS) is 12.7. The molecule has 4 heteroatoms. The van der Waals surface area contributed by atoms with Crippen molar-refractivity contribution in [3.8, 4) is 5.69 Å². The van der Waals surface area contributed by atoms with Crippen molar-refractivity contribution >= 4 is 11.6 Å². The van der Waals surface area contributed by atoms with E-state index < -0.39 is 0 Å². The molecule has 1 heterocycles. The summed E-state index contributed by atoms with van der Waals surface area (Å²) in [6.45, 7) is 1.93. The van der Waals surface area contributed by atoms with Gasteiger partial charge in [0, 0.05) is 16.8 Å². The molecule has 0 aliphatic heterocycles. The van der Waals surface area contributed by atoms with Gasteiger partial charge in [0.2, 0.25) is 0 Å². The van der Waals surface area contributed by atoms with E-state index in [0.29, 0.717) is 5.02 Å². The molecular weight excluding hydrogens is 210 g/mol. The van der Waals surface area contributed by atoms with E-state index in [1.54, 1.807) is 12.5 Å². The molecule has 1 aromatic carbocycles. The first kappa shape index (κ1) is 10.2. The zero-order chi connectivity index (χ0) is 10.8. The Morgan fingerprint density at radius 1 is 1.47 bits per heavy atom. The Balaban J connectivity index is 2.49. The third kappa shape index (κ3) is 2.03. The summed E-state index contributed by atoms with van der Waals surface area (Å²) < 4.78 is 1.94. The highest BCUT2D eigenvalue weighted by molar-refractivity contribution is 6.30. The van der Waals surface area contributed by atoms with E-state index >= 15 is 0 Å². The Bertz CT molecular complexity index is 462. The van der Waals surface area contributed by atoms with E-state index in [4.69, 9.17) is 17.3 Å². The van der Waals surface area contributed by atoms with Crippen LogP contribution in [0.4, 0.5) is 0 Å². The van der Waals surface area contributed by atoms with E-state index in [-0.39, 0.29) is 6.04 Å². The van der Waals surface area contributed by atoms with Gasteiger partial charge in [0.05, 0.1) is 18.2 Å². The number of hydrogen-bond donors (Lipinski definition) is 1. The number of rotatable bonds is 2. The van der Waals surface area contributed by atoms with E-state index in [0.717, 1.165) is 11.4 Å². The predicted molar refractivity (Wildman–Crippen MR) is 61.2 cm³/mol. The summed E-state index contributed by atoms with van der Waals surface area (Å²) in [5.74, 6) is 0. The maximum Gasteiger partial charge on any atom is 0.0994 e. The van der Waals surface area contributed by atoms with Gasteiger partial charge in [-0.05, 0) is 25.1 Å². The van der Waals surface area contributed by atoms with E-state index in [1.165, 1.54) is 0 Å². The van der Waals surface area contributed by atoms with Gasteiger partial charge < -0.3 is 10.3 Å². The van der Waals surface area contributed by atoms with Gasteiger partial charge in [0.1, 0.15) is 0 Å². The molecule has 0 fully saturated rings. The van der Waals surface area contributed by atoms with E-state index in [2.05, 4.69) is 4.98 Å². The van der Waals surface area contributed by atoms with Crippen LogP contribution in [-0.2, 0) is 0 Å². The number of halogens is 1. The molecule has 15 heavy (non-hydrogen) atoms. The third-order valence-corrected chi connectivity index (χ3v) is 2.46. The summed E-state index contributed by atoms with van der Waals surface area (Å²) in [6.07, 6.45) is 3.51. The first-order chi connectivity index (χ1) is 7.18. The standard InChI is InChI=1S/C11H12ClN3/c1-8(13)11-6-14-7-15(11)10-4-2-3-9(12)5-10/h2-8H,13H2,1H3. The molecule has 1 unspecified atom stereocenters. The topological polar surface area (TPSA) is 43.8 Å². The Kier molecular flexibility index (Phi) is 2.75. The molecule has 2 N–H and O–H groups in total. The molecule has 1 aromatic heterocycles. The molecule has 0 aliphatic carbocycles. The third-order valence-electron chi connectivity index (χ3n) is 2.22. The highest BCUT2D eigenvalue weighted by Crippen LogP contribution is 2.18. The first-order valence-electron chi connectivity index (χ1n) is 4.72. The fraction of sp³-hybridized carbons (Fsp3) is 0.182. The van der Waals surface area contributed by atoms with Crippen LogP contribution in [0.15, 0.2) is 36.8 Å². The summed E-state index contributed by atoms with van der Waals surface area (Å²) in [6, 6.07) is 7.55.